The van der Waals surface area contributed by atoms with E-state index in [0.717, 1.165) is 6.07 Å². The van der Waals surface area contributed by atoms with Crippen molar-refractivity contribution in [1.29, 1.82) is 0 Å². The molecule has 0 fully saturated rings. The first-order valence-corrected chi connectivity index (χ1v) is 6.16. The highest BCUT2D eigenvalue weighted by Gasteiger charge is 2.12. The fourth-order valence-corrected chi connectivity index (χ4v) is 1.97. The van der Waals surface area contributed by atoms with Gasteiger partial charge in [0.05, 0.1) is 11.0 Å². The zero-order valence-electron chi connectivity index (χ0n) is 9.88. The molecule has 0 saturated heterocycles. The minimum Gasteiger partial charge on any atom is -0.454 e. The smallest absolute Gasteiger partial charge is 0.274 e. The molecule has 0 aliphatic heterocycles. The molecule has 0 unspecified atom stereocenters. The Kier molecular flexibility index (Phi) is 4.09. The molecule has 0 aromatic heterocycles. The number of hydrogen-bond donors (Lipinski definition) is 0. The van der Waals surface area contributed by atoms with Crippen LogP contribution in [0.1, 0.15) is 10.4 Å². The Morgan fingerprint density at radius 3 is 2.60 bits per heavy atom. The summed E-state index contributed by atoms with van der Waals surface area (Å²) in [5.74, 6) is -0.732. The Hall–Kier alpha value is -2.28. The highest BCUT2D eigenvalue weighted by molar-refractivity contribution is 9.10. The van der Waals surface area contributed by atoms with Gasteiger partial charge in [0.25, 0.3) is 5.69 Å². The van der Waals surface area contributed by atoms with E-state index in [1.54, 1.807) is 0 Å². The van der Waals surface area contributed by atoms with E-state index in [-0.39, 0.29) is 22.7 Å². The zero-order valence-corrected chi connectivity index (χ0v) is 11.5. The van der Waals surface area contributed by atoms with Crippen LogP contribution in [0.2, 0.25) is 0 Å². The lowest BCUT2D eigenvalue weighted by molar-refractivity contribution is -0.385. The molecule has 7 heteroatoms. The molecule has 0 heterocycles. The summed E-state index contributed by atoms with van der Waals surface area (Å²) in [4.78, 5) is 20.6. The monoisotopic (exact) mass is 339 g/mol. The second-order valence-corrected chi connectivity index (χ2v) is 4.73. The quantitative estimate of drug-likeness (QED) is 0.477. The number of non-ortho nitro benzene ring substituents is 1. The van der Waals surface area contributed by atoms with Crippen LogP contribution >= 0.6 is 15.9 Å². The molecule has 0 radical (unpaired) electrons. The number of halogens is 2. The van der Waals surface area contributed by atoms with Gasteiger partial charge in [-0.15, -0.1) is 0 Å². The Morgan fingerprint density at radius 2 is 2.00 bits per heavy atom. The largest absolute Gasteiger partial charge is 0.454 e. The van der Waals surface area contributed by atoms with Crippen LogP contribution in [0.25, 0.3) is 0 Å². The lowest BCUT2D eigenvalue weighted by atomic mass is 10.2. The Bertz CT molecular complexity index is 690. The van der Waals surface area contributed by atoms with Crippen molar-refractivity contribution in [1.82, 2.24) is 0 Å². The minimum atomic E-state index is -0.725. The van der Waals surface area contributed by atoms with Crippen LogP contribution in [0.3, 0.4) is 0 Å². The molecule has 0 aliphatic rings. The number of ether oxygens (including phenoxy) is 1. The predicted octanol–water partition coefficient (Wildman–Crippen LogP) is 4.10. The summed E-state index contributed by atoms with van der Waals surface area (Å²) in [6, 6.07) is 7.65. The summed E-state index contributed by atoms with van der Waals surface area (Å²) in [7, 11) is 0. The molecule has 0 saturated carbocycles. The van der Waals surface area contributed by atoms with Crippen molar-refractivity contribution in [3.8, 4) is 11.5 Å². The van der Waals surface area contributed by atoms with E-state index in [0.29, 0.717) is 10.8 Å². The van der Waals surface area contributed by atoms with Gasteiger partial charge in [0.2, 0.25) is 0 Å². The Balaban J connectivity index is 2.34. The molecule has 0 amide bonds. The molecule has 2 rings (SSSR count). The van der Waals surface area contributed by atoms with E-state index in [9.17, 15) is 19.3 Å². The van der Waals surface area contributed by atoms with E-state index < -0.39 is 10.7 Å². The summed E-state index contributed by atoms with van der Waals surface area (Å²) in [5, 5.41) is 10.7. The molecule has 2 aromatic carbocycles. The van der Waals surface area contributed by atoms with Gasteiger partial charge in [-0.2, -0.15) is 0 Å². The maximum Gasteiger partial charge on any atom is 0.274 e. The van der Waals surface area contributed by atoms with Gasteiger partial charge in [-0.05, 0) is 24.3 Å². The fraction of sp³-hybridized carbons (Fsp3) is 0. The lowest BCUT2D eigenvalue weighted by Gasteiger charge is -2.07. The second kappa shape index (κ2) is 5.79. The first kappa shape index (κ1) is 14.1. The minimum absolute atomic E-state index is 0.115. The average Bonchev–Trinajstić information content (AvgIpc) is 2.40. The van der Waals surface area contributed by atoms with Gasteiger partial charge < -0.3 is 4.74 Å². The van der Waals surface area contributed by atoms with E-state index in [4.69, 9.17) is 4.74 Å². The maximum absolute atomic E-state index is 13.7. The predicted molar refractivity (Wildman–Crippen MR) is 72.7 cm³/mol. The summed E-state index contributed by atoms with van der Waals surface area (Å²) in [6.45, 7) is 0. The van der Waals surface area contributed by atoms with Crippen molar-refractivity contribution >= 4 is 27.9 Å². The van der Waals surface area contributed by atoms with Crippen LogP contribution in [0.4, 0.5) is 10.1 Å². The van der Waals surface area contributed by atoms with Gasteiger partial charge in [-0.25, -0.2) is 4.39 Å². The number of hydrogen-bond acceptors (Lipinski definition) is 4. The summed E-state index contributed by atoms with van der Waals surface area (Å²) < 4.78 is 19.3. The van der Waals surface area contributed by atoms with Crippen LogP contribution in [0.15, 0.2) is 40.9 Å². The van der Waals surface area contributed by atoms with Crippen molar-refractivity contribution in [3.63, 3.8) is 0 Å². The molecule has 102 valence electrons. The molecule has 0 aliphatic carbocycles. The highest BCUT2D eigenvalue weighted by atomic mass is 79.9. The van der Waals surface area contributed by atoms with Crippen molar-refractivity contribution in [2.75, 3.05) is 0 Å². The Morgan fingerprint density at radius 1 is 1.25 bits per heavy atom. The molecular formula is C13H7BrFNO4. The third-order valence-electron chi connectivity index (χ3n) is 2.39. The van der Waals surface area contributed by atoms with Crippen molar-refractivity contribution in [2.24, 2.45) is 0 Å². The van der Waals surface area contributed by atoms with Gasteiger partial charge in [-0.1, -0.05) is 15.9 Å². The van der Waals surface area contributed by atoms with Crippen molar-refractivity contribution in [2.45, 2.75) is 0 Å². The van der Waals surface area contributed by atoms with Gasteiger partial charge in [0.1, 0.15) is 12.0 Å². The second-order valence-electron chi connectivity index (χ2n) is 3.81. The van der Waals surface area contributed by atoms with Gasteiger partial charge in [0.15, 0.2) is 11.6 Å². The molecule has 2 aromatic rings. The van der Waals surface area contributed by atoms with Crippen LogP contribution in [0.5, 0.6) is 11.5 Å². The van der Waals surface area contributed by atoms with E-state index in [1.165, 1.54) is 30.3 Å². The van der Waals surface area contributed by atoms with E-state index >= 15 is 0 Å². The molecule has 0 bridgehead atoms. The number of nitrogens with zero attached hydrogens (tertiary/aromatic N) is 1. The number of rotatable bonds is 4. The zero-order chi connectivity index (χ0) is 14.7. The van der Waals surface area contributed by atoms with Crippen molar-refractivity contribution < 1.29 is 18.8 Å². The average molecular weight is 340 g/mol. The SMILES string of the molecule is O=Cc1ccc(Oc2cc(Br)cc([N+](=O)[O-])c2)c(F)c1. The van der Waals surface area contributed by atoms with E-state index in [2.05, 4.69) is 15.9 Å². The maximum atomic E-state index is 13.7. The normalized spacial score (nSPS) is 10.1. The van der Waals surface area contributed by atoms with Gasteiger partial charge in [-0.3, -0.25) is 14.9 Å². The van der Waals surface area contributed by atoms with Crippen molar-refractivity contribution in [3.05, 3.63) is 62.4 Å². The lowest BCUT2D eigenvalue weighted by Crippen LogP contribution is -1.93. The van der Waals surface area contributed by atoms with Crippen LogP contribution in [-0.4, -0.2) is 11.2 Å². The van der Waals surface area contributed by atoms with Gasteiger partial charge >= 0.3 is 0 Å². The Labute approximate surface area is 121 Å². The van der Waals surface area contributed by atoms with E-state index in [1.807, 2.05) is 0 Å². The molecule has 20 heavy (non-hydrogen) atoms. The standard InChI is InChI=1S/C13H7BrFNO4/c14-9-4-10(16(18)19)6-11(5-9)20-13-2-1-8(7-17)3-12(13)15/h1-7H. The summed E-state index contributed by atoms with van der Waals surface area (Å²) in [5.41, 5.74) is -0.00522. The number of aldehydes is 1. The molecule has 0 spiro atoms. The third-order valence-corrected chi connectivity index (χ3v) is 2.84. The number of carbonyl (C=O) groups excluding carboxylic acids is 1. The van der Waals surface area contributed by atoms with Gasteiger partial charge in [0, 0.05) is 16.1 Å². The number of benzene rings is 2. The van der Waals surface area contributed by atoms with Crippen LogP contribution < -0.4 is 4.74 Å². The number of carbonyl (C=O) groups is 1. The first-order chi connectivity index (χ1) is 9.49. The highest BCUT2D eigenvalue weighted by Crippen LogP contribution is 2.31. The third kappa shape index (κ3) is 3.18. The first-order valence-electron chi connectivity index (χ1n) is 5.37. The molecule has 0 atom stereocenters. The molecule has 0 N–H and O–H groups in total. The van der Waals surface area contributed by atoms with Crippen LogP contribution in [0, 0.1) is 15.9 Å². The summed E-state index contributed by atoms with van der Waals surface area (Å²) in [6.07, 6.45) is 0.511. The van der Waals surface area contributed by atoms with Crippen LogP contribution in [-0.2, 0) is 0 Å². The number of nitro benzene ring substituents is 1. The molecule has 5 nitrogen and oxygen atoms in total. The fourth-order valence-electron chi connectivity index (χ4n) is 1.51. The number of nitro groups is 1. The molecular weight excluding hydrogens is 333 g/mol. The summed E-state index contributed by atoms with van der Waals surface area (Å²) >= 11 is 3.11. The topological polar surface area (TPSA) is 69.4 Å².